The van der Waals surface area contributed by atoms with E-state index in [1.54, 1.807) is 4.90 Å². The molecule has 1 atom stereocenters. The second-order valence-corrected chi connectivity index (χ2v) is 5.41. The molecular formula is C13H21NO3. The summed E-state index contributed by atoms with van der Waals surface area (Å²) < 4.78 is 0. The normalized spacial score (nSPS) is 27.4. The highest BCUT2D eigenvalue weighted by molar-refractivity contribution is 6.02. The molecule has 2 fully saturated rings. The van der Waals surface area contributed by atoms with Crippen molar-refractivity contribution in [1.29, 1.82) is 0 Å². The van der Waals surface area contributed by atoms with Crippen molar-refractivity contribution in [3.63, 3.8) is 0 Å². The summed E-state index contributed by atoms with van der Waals surface area (Å²) >= 11 is 0. The zero-order valence-electron chi connectivity index (χ0n) is 10.4. The number of rotatable bonds is 3. The van der Waals surface area contributed by atoms with Crippen LogP contribution in [0.5, 0.6) is 0 Å². The van der Waals surface area contributed by atoms with Crippen molar-refractivity contribution in [1.82, 2.24) is 4.90 Å². The summed E-state index contributed by atoms with van der Waals surface area (Å²) in [6.07, 6.45) is 5.16. The summed E-state index contributed by atoms with van der Waals surface area (Å²) in [6.45, 7) is 3.63. The molecule has 0 spiro atoms. The number of carbonyl (C=O) groups excluding carboxylic acids is 1. The van der Waals surface area contributed by atoms with Crippen LogP contribution in [-0.2, 0) is 9.59 Å². The minimum atomic E-state index is -1.07. The van der Waals surface area contributed by atoms with E-state index in [1.807, 2.05) is 0 Å². The molecule has 0 radical (unpaired) electrons. The molecular weight excluding hydrogens is 218 g/mol. The molecule has 4 heteroatoms. The summed E-state index contributed by atoms with van der Waals surface area (Å²) in [5, 5.41) is 9.26. The Hall–Kier alpha value is -1.06. The van der Waals surface area contributed by atoms with E-state index in [4.69, 9.17) is 0 Å². The van der Waals surface area contributed by atoms with Gasteiger partial charge in [-0.15, -0.1) is 0 Å². The van der Waals surface area contributed by atoms with Gasteiger partial charge in [0.25, 0.3) is 0 Å². The summed E-state index contributed by atoms with van der Waals surface area (Å²) in [5.74, 6) is -0.500. The first-order valence-electron chi connectivity index (χ1n) is 6.63. The van der Waals surface area contributed by atoms with Gasteiger partial charge < -0.3 is 10.0 Å². The Morgan fingerprint density at radius 3 is 2.53 bits per heavy atom. The molecule has 1 aliphatic heterocycles. The van der Waals surface area contributed by atoms with Gasteiger partial charge in [0.05, 0.1) is 0 Å². The number of aliphatic carboxylic acids is 1. The Labute approximate surface area is 102 Å². The minimum absolute atomic E-state index is 0.130. The zero-order valence-corrected chi connectivity index (χ0v) is 10.4. The van der Waals surface area contributed by atoms with E-state index in [0.717, 1.165) is 32.4 Å². The molecule has 0 aromatic rings. The van der Waals surface area contributed by atoms with Gasteiger partial charge in [-0.25, -0.2) is 0 Å². The number of piperidine rings is 1. The lowest BCUT2D eigenvalue weighted by atomic mass is 9.67. The van der Waals surface area contributed by atoms with Gasteiger partial charge in [-0.1, -0.05) is 19.8 Å². The second kappa shape index (κ2) is 4.67. The SMILES string of the molecule is CCC1CCCN(C(=O)C2(C(=O)O)CCC2)C1. The summed E-state index contributed by atoms with van der Waals surface area (Å²) in [5.41, 5.74) is -1.07. The standard InChI is InChI=1S/C13H21NO3/c1-2-10-5-3-8-14(9-10)11(15)13(12(16)17)6-4-7-13/h10H,2-9H2,1H3,(H,16,17). The predicted molar refractivity (Wildman–Crippen MR) is 63.5 cm³/mol. The molecule has 96 valence electrons. The fraction of sp³-hybridized carbons (Fsp3) is 0.846. The fourth-order valence-electron chi connectivity index (χ4n) is 2.93. The number of carboxylic acids is 1. The minimum Gasteiger partial charge on any atom is -0.480 e. The third kappa shape index (κ3) is 2.05. The lowest BCUT2D eigenvalue weighted by Crippen LogP contribution is -2.54. The maximum absolute atomic E-state index is 12.4. The highest BCUT2D eigenvalue weighted by Gasteiger charge is 2.53. The van der Waals surface area contributed by atoms with Crippen molar-refractivity contribution in [2.24, 2.45) is 11.3 Å². The van der Waals surface area contributed by atoms with Crippen molar-refractivity contribution < 1.29 is 14.7 Å². The molecule has 1 saturated carbocycles. The average molecular weight is 239 g/mol. The van der Waals surface area contributed by atoms with Gasteiger partial charge in [0, 0.05) is 13.1 Å². The number of carbonyl (C=O) groups is 2. The highest BCUT2D eigenvalue weighted by atomic mass is 16.4. The largest absolute Gasteiger partial charge is 0.480 e. The lowest BCUT2D eigenvalue weighted by Gasteiger charge is -2.42. The first-order valence-corrected chi connectivity index (χ1v) is 6.63. The van der Waals surface area contributed by atoms with Crippen molar-refractivity contribution in [2.45, 2.75) is 45.4 Å². The third-order valence-corrected chi connectivity index (χ3v) is 4.41. The lowest BCUT2D eigenvalue weighted by molar-refractivity contribution is -0.168. The Morgan fingerprint density at radius 2 is 2.06 bits per heavy atom. The Balaban J connectivity index is 2.06. The van der Waals surface area contributed by atoms with Crippen LogP contribution < -0.4 is 0 Å². The number of carboxylic acid groups (broad SMARTS) is 1. The van der Waals surface area contributed by atoms with Crippen LogP contribution in [0.4, 0.5) is 0 Å². The molecule has 1 N–H and O–H groups in total. The molecule has 17 heavy (non-hydrogen) atoms. The second-order valence-electron chi connectivity index (χ2n) is 5.41. The highest BCUT2D eigenvalue weighted by Crippen LogP contribution is 2.43. The molecule has 1 amide bonds. The smallest absolute Gasteiger partial charge is 0.319 e. The average Bonchev–Trinajstić information content (AvgIpc) is 2.27. The van der Waals surface area contributed by atoms with E-state index in [9.17, 15) is 14.7 Å². The van der Waals surface area contributed by atoms with Crippen LogP contribution in [0.1, 0.15) is 45.4 Å². The predicted octanol–water partition coefficient (Wildman–Crippen LogP) is 1.89. The Bertz CT molecular complexity index is 323. The van der Waals surface area contributed by atoms with Gasteiger partial charge in [-0.3, -0.25) is 9.59 Å². The van der Waals surface area contributed by atoms with Crippen LogP contribution in [0.3, 0.4) is 0 Å². The quantitative estimate of drug-likeness (QED) is 0.765. The molecule has 1 heterocycles. The summed E-state index contributed by atoms with van der Waals surface area (Å²) in [7, 11) is 0. The van der Waals surface area contributed by atoms with Crippen molar-refractivity contribution in [3.8, 4) is 0 Å². The molecule has 1 saturated heterocycles. The van der Waals surface area contributed by atoms with Crippen LogP contribution >= 0.6 is 0 Å². The fourth-order valence-corrected chi connectivity index (χ4v) is 2.93. The maximum atomic E-state index is 12.4. The monoisotopic (exact) mass is 239 g/mol. The van der Waals surface area contributed by atoms with Gasteiger partial charge in [0.2, 0.25) is 5.91 Å². The van der Waals surface area contributed by atoms with Crippen molar-refractivity contribution >= 4 is 11.9 Å². The number of hydrogen-bond donors (Lipinski definition) is 1. The van der Waals surface area contributed by atoms with E-state index < -0.39 is 11.4 Å². The first kappa shape index (κ1) is 12.4. The van der Waals surface area contributed by atoms with Gasteiger partial charge >= 0.3 is 5.97 Å². The molecule has 0 aromatic carbocycles. The Morgan fingerprint density at radius 1 is 1.35 bits per heavy atom. The topological polar surface area (TPSA) is 57.6 Å². The number of likely N-dealkylation sites (tertiary alicyclic amines) is 1. The molecule has 2 rings (SSSR count). The molecule has 1 aliphatic carbocycles. The van der Waals surface area contributed by atoms with Crippen LogP contribution in [0.2, 0.25) is 0 Å². The Kier molecular flexibility index (Phi) is 3.40. The van der Waals surface area contributed by atoms with Gasteiger partial charge in [0.15, 0.2) is 0 Å². The zero-order chi connectivity index (χ0) is 12.5. The van der Waals surface area contributed by atoms with E-state index in [2.05, 4.69) is 6.92 Å². The van der Waals surface area contributed by atoms with Crippen molar-refractivity contribution in [2.75, 3.05) is 13.1 Å². The van der Waals surface area contributed by atoms with E-state index in [0.29, 0.717) is 18.8 Å². The molecule has 4 nitrogen and oxygen atoms in total. The molecule has 2 aliphatic rings. The van der Waals surface area contributed by atoms with Crippen LogP contribution in [0, 0.1) is 11.3 Å². The number of amides is 1. The molecule has 1 unspecified atom stereocenters. The van der Waals surface area contributed by atoms with E-state index in [-0.39, 0.29) is 5.91 Å². The molecule has 0 bridgehead atoms. The number of nitrogens with zero attached hydrogens (tertiary/aromatic N) is 1. The summed E-state index contributed by atoms with van der Waals surface area (Å²) in [4.78, 5) is 25.4. The number of hydrogen-bond acceptors (Lipinski definition) is 2. The van der Waals surface area contributed by atoms with E-state index >= 15 is 0 Å². The summed E-state index contributed by atoms with van der Waals surface area (Å²) in [6, 6.07) is 0. The van der Waals surface area contributed by atoms with Gasteiger partial charge in [-0.2, -0.15) is 0 Å². The van der Waals surface area contributed by atoms with Crippen molar-refractivity contribution in [3.05, 3.63) is 0 Å². The maximum Gasteiger partial charge on any atom is 0.319 e. The van der Waals surface area contributed by atoms with Gasteiger partial charge in [0.1, 0.15) is 5.41 Å². The van der Waals surface area contributed by atoms with Crippen LogP contribution in [0.15, 0.2) is 0 Å². The van der Waals surface area contributed by atoms with Crippen LogP contribution in [-0.4, -0.2) is 35.0 Å². The third-order valence-electron chi connectivity index (χ3n) is 4.41. The van der Waals surface area contributed by atoms with Gasteiger partial charge in [-0.05, 0) is 31.6 Å². The molecule has 0 aromatic heterocycles. The first-order chi connectivity index (χ1) is 8.10. The van der Waals surface area contributed by atoms with E-state index in [1.165, 1.54) is 6.42 Å². The van der Waals surface area contributed by atoms with Crippen LogP contribution in [0.25, 0.3) is 0 Å².